The Labute approximate surface area is 104 Å². The van der Waals surface area contributed by atoms with E-state index >= 15 is 0 Å². The Morgan fingerprint density at radius 2 is 2.35 bits per heavy atom. The lowest BCUT2D eigenvalue weighted by atomic mass is 9.98. The molecule has 0 aromatic heterocycles. The number of ether oxygens (including phenoxy) is 2. The van der Waals surface area contributed by atoms with Gasteiger partial charge >= 0.3 is 0 Å². The van der Waals surface area contributed by atoms with Gasteiger partial charge in [-0.1, -0.05) is 0 Å². The van der Waals surface area contributed by atoms with E-state index in [2.05, 4.69) is 11.4 Å². The number of rotatable bonds is 7. The normalized spacial score (nSPS) is 23.9. The van der Waals surface area contributed by atoms with Crippen molar-refractivity contribution in [3.05, 3.63) is 0 Å². The first-order valence-electron chi connectivity index (χ1n) is 6.50. The van der Waals surface area contributed by atoms with Crippen LogP contribution in [0.2, 0.25) is 0 Å². The van der Waals surface area contributed by atoms with Crippen molar-refractivity contribution in [2.45, 2.75) is 50.7 Å². The van der Waals surface area contributed by atoms with Gasteiger partial charge in [-0.25, -0.2) is 0 Å². The average Bonchev–Trinajstić information content (AvgIpc) is 2.39. The molecule has 2 unspecified atom stereocenters. The highest BCUT2D eigenvalue weighted by Crippen LogP contribution is 2.14. The van der Waals surface area contributed by atoms with Gasteiger partial charge in [-0.15, -0.1) is 0 Å². The van der Waals surface area contributed by atoms with Crippen LogP contribution in [0.5, 0.6) is 0 Å². The van der Waals surface area contributed by atoms with Crippen molar-refractivity contribution in [2.75, 3.05) is 26.9 Å². The third-order valence-corrected chi connectivity index (χ3v) is 3.34. The molecular formula is C13H24N2O2. The van der Waals surface area contributed by atoms with Crippen LogP contribution in [0, 0.1) is 11.3 Å². The van der Waals surface area contributed by atoms with Crippen molar-refractivity contribution in [3.63, 3.8) is 0 Å². The fourth-order valence-electron chi connectivity index (χ4n) is 1.92. The smallest absolute Gasteiger partial charge is 0.103 e. The standard InChI is InChI=1S/C13H24N2O2/c1-13(11-14,15-2)7-5-8-16-10-12-6-3-4-9-17-12/h12,15H,3-10H2,1-2H3. The second-order valence-electron chi connectivity index (χ2n) is 4.86. The van der Waals surface area contributed by atoms with Crippen LogP contribution in [-0.4, -0.2) is 38.5 Å². The molecule has 17 heavy (non-hydrogen) atoms. The highest BCUT2D eigenvalue weighted by molar-refractivity contribution is 5.02. The third-order valence-electron chi connectivity index (χ3n) is 3.34. The Morgan fingerprint density at radius 1 is 1.53 bits per heavy atom. The summed E-state index contributed by atoms with van der Waals surface area (Å²) in [6, 6.07) is 2.28. The molecule has 4 nitrogen and oxygen atoms in total. The Kier molecular flexibility index (Phi) is 6.49. The number of nitrogens with zero attached hydrogens (tertiary/aromatic N) is 1. The third kappa shape index (κ3) is 5.49. The second-order valence-corrected chi connectivity index (χ2v) is 4.86. The molecule has 0 aliphatic carbocycles. The van der Waals surface area contributed by atoms with Crippen molar-refractivity contribution >= 4 is 0 Å². The van der Waals surface area contributed by atoms with Gasteiger partial charge in [0.15, 0.2) is 0 Å². The van der Waals surface area contributed by atoms with E-state index < -0.39 is 5.54 Å². The lowest BCUT2D eigenvalue weighted by Gasteiger charge is -2.23. The van der Waals surface area contributed by atoms with E-state index in [-0.39, 0.29) is 6.10 Å². The summed E-state index contributed by atoms with van der Waals surface area (Å²) in [4.78, 5) is 0. The minimum Gasteiger partial charge on any atom is -0.379 e. The van der Waals surface area contributed by atoms with Gasteiger partial charge in [0.1, 0.15) is 5.54 Å². The van der Waals surface area contributed by atoms with Gasteiger partial charge in [-0.3, -0.25) is 0 Å². The van der Waals surface area contributed by atoms with E-state index in [4.69, 9.17) is 14.7 Å². The lowest BCUT2D eigenvalue weighted by molar-refractivity contribution is -0.0414. The van der Waals surface area contributed by atoms with Gasteiger partial charge in [0.25, 0.3) is 0 Å². The number of nitriles is 1. The highest BCUT2D eigenvalue weighted by atomic mass is 16.5. The van der Waals surface area contributed by atoms with Crippen LogP contribution >= 0.6 is 0 Å². The largest absolute Gasteiger partial charge is 0.379 e. The van der Waals surface area contributed by atoms with E-state index in [0.29, 0.717) is 13.2 Å². The molecule has 1 rings (SSSR count). The molecule has 0 amide bonds. The van der Waals surface area contributed by atoms with Crippen LogP contribution in [0.25, 0.3) is 0 Å². The van der Waals surface area contributed by atoms with Gasteiger partial charge in [0.2, 0.25) is 0 Å². The molecule has 1 aliphatic heterocycles. The summed E-state index contributed by atoms with van der Waals surface area (Å²) in [5.41, 5.74) is -0.426. The molecule has 1 fully saturated rings. The molecule has 98 valence electrons. The summed E-state index contributed by atoms with van der Waals surface area (Å²) in [6.45, 7) is 4.19. The Hall–Kier alpha value is -0.630. The van der Waals surface area contributed by atoms with Crippen LogP contribution < -0.4 is 5.32 Å². The molecule has 4 heteroatoms. The second kappa shape index (κ2) is 7.65. The molecule has 0 spiro atoms. The maximum atomic E-state index is 8.97. The van der Waals surface area contributed by atoms with Crippen molar-refractivity contribution in [1.82, 2.24) is 5.32 Å². The first-order valence-corrected chi connectivity index (χ1v) is 6.50. The summed E-state index contributed by atoms with van der Waals surface area (Å²) in [5.74, 6) is 0. The summed E-state index contributed by atoms with van der Waals surface area (Å²) in [5, 5.41) is 12.0. The summed E-state index contributed by atoms with van der Waals surface area (Å²) in [6.07, 6.45) is 5.55. The molecule has 1 saturated heterocycles. The minimum absolute atomic E-state index is 0.287. The number of hydrogen-bond acceptors (Lipinski definition) is 4. The zero-order valence-corrected chi connectivity index (χ0v) is 11.0. The molecule has 1 heterocycles. The summed E-state index contributed by atoms with van der Waals surface area (Å²) in [7, 11) is 1.82. The molecule has 0 radical (unpaired) electrons. The maximum Gasteiger partial charge on any atom is 0.103 e. The molecule has 2 atom stereocenters. The zero-order valence-electron chi connectivity index (χ0n) is 11.0. The summed E-state index contributed by atoms with van der Waals surface area (Å²) < 4.78 is 11.2. The topological polar surface area (TPSA) is 54.3 Å². The lowest BCUT2D eigenvalue weighted by Crippen LogP contribution is -2.38. The zero-order chi connectivity index (χ0) is 12.6. The van der Waals surface area contributed by atoms with Gasteiger partial charge in [0, 0.05) is 13.2 Å². The van der Waals surface area contributed by atoms with Crippen LogP contribution in [0.4, 0.5) is 0 Å². The molecule has 1 N–H and O–H groups in total. The van der Waals surface area contributed by atoms with E-state index in [9.17, 15) is 0 Å². The van der Waals surface area contributed by atoms with Crippen LogP contribution in [0.1, 0.15) is 39.0 Å². The van der Waals surface area contributed by atoms with Crippen molar-refractivity contribution in [3.8, 4) is 6.07 Å². The number of nitrogens with one attached hydrogen (secondary N) is 1. The first kappa shape index (κ1) is 14.4. The van der Waals surface area contributed by atoms with E-state index in [0.717, 1.165) is 25.9 Å². The molecule has 0 aromatic rings. The van der Waals surface area contributed by atoms with E-state index in [1.54, 1.807) is 0 Å². The highest BCUT2D eigenvalue weighted by Gasteiger charge is 2.20. The van der Waals surface area contributed by atoms with Crippen molar-refractivity contribution in [2.24, 2.45) is 0 Å². The van der Waals surface area contributed by atoms with Gasteiger partial charge in [0.05, 0.1) is 18.8 Å². The molecule has 0 saturated carbocycles. The van der Waals surface area contributed by atoms with Gasteiger partial charge < -0.3 is 14.8 Å². The van der Waals surface area contributed by atoms with Crippen LogP contribution in [-0.2, 0) is 9.47 Å². The SMILES string of the molecule is CNC(C)(C#N)CCCOCC1CCCCO1. The summed E-state index contributed by atoms with van der Waals surface area (Å²) >= 11 is 0. The van der Waals surface area contributed by atoms with Crippen LogP contribution in [0.3, 0.4) is 0 Å². The monoisotopic (exact) mass is 240 g/mol. The fourth-order valence-corrected chi connectivity index (χ4v) is 1.92. The number of hydrogen-bond donors (Lipinski definition) is 1. The Morgan fingerprint density at radius 3 is 2.94 bits per heavy atom. The average molecular weight is 240 g/mol. The van der Waals surface area contributed by atoms with E-state index in [1.807, 2.05) is 14.0 Å². The Balaban J connectivity index is 2.02. The van der Waals surface area contributed by atoms with E-state index in [1.165, 1.54) is 12.8 Å². The minimum atomic E-state index is -0.426. The van der Waals surface area contributed by atoms with Gasteiger partial charge in [-0.2, -0.15) is 5.26 Å². The van der Waals surface area contributed by atoms with Crippen molar-refractivity contribution < 1.29 is 9.47 Å². The molecule has 0 bridgehead atoms. The predicted octanol–water partition coefficient (Wildman–Crippen LogP) is 1.85. The quantitative estimate of drug-likeness (QED) is 0.690. The fraction of sp³-hybridized carbons (Fsp3) is 0.923. The first-order chi connectivity index (χ1) is 8.20. The Bertz CT molecular complexity index is 246. The van der Waals surface area contributed by atoms with Crippen molar-refractivity contribution in [1.29, 1.82) is 5.26 Å². The van der Waals surface area contributed by atoms with Crippen LogP contribution in [0.15, 0.2) is 0 Å². The molecular weight excluding hydrogens is 216 g/mol. The molecule has 1 aliphatic rings. The predicted molar refractivity (Wildman–Crippen MR) is 66.7 cm³/mol. The van der Waals surface area contributed by atoms with Gasteiger partial charge in [-0.05, 0) is 46.1 Å². The molecule has 0 aromatic carbocycles. The maximum absolute atomic E-state index is 8.97.